The van der Waals surface area contributed by atoms with Gasteiger partial charge < -0.3 is 26.3 Å². The van der Waals surface area contributed by atoms with Crippen LogP contribution in [0.5, 0.6) is 0 Å². The predicted octanol–water partition coefficient (Wildman–Crippen LogP) is 4.46. The summed E-state index contributed by atoms with van der Waals surface area (Å²) in [5, 5.41) is 16.8. The van der Waals surface area contributed by atoms with Crippen LogP contribution in [0.1, 0.15) is 42.9 Å². The Morgan fingerprint density at radius 3 is 2.94 bits per heavy atom. The topological polar surface area (TPSA) is 93.1 Å². The van der Waals surface area contributed by atoms with E-state index in [2.05, 4.69) is 20.9 Å². The predicted molar refractivity (Wildman–Crippen MR) is 123 cm³/mol. The van der Waals surface area contributed by atoms with Crippen LogP contribution in [-0.2, 0) is 11.2 Å². The molecule has 0 saturated heterocycles. The van der Waals surface area contributed by atoms with Crippen LogP contribution in [0.15, 0.2) is 30.6 Å². The lowest BCUT2D eigenvalue weighted by atomic mass is 9.92. The van der Waals surface area contributed by atoms with E-state index in [0.717, 1.165) is 24.6 Å². The number of halogens is 2. The van der Waals surface area contributed by atoms with Gasteiger partial charge in [0.2, 0.25) is 5.91 Å². The fourth-order valence-corrected chi connectivity index (χ4v) is 4.33. The highest BCUT2D eigenvalue weighted by molar-refractivity contribution is 6.09. The number of fused-ring (bicyclic) bond motifs is 2. The van der Waals surface area contributed by atoms with Crippen LogP contribution >= 0.6 is 0 Å². The van der Waals surface area contributed by atoms with Crippen LogP contribution in [0.2, 0.25) is 0 Å². The van der Waals surface area contributed by atoms with Crippen LogP contribution in [0.3, 0.4) is 0 Å². The maximum atomic E-state index is 14.1. The molecule has 0 unspecified atom stereocenters. The van der Waals surface area contributed by atoms with Gasteiger partial charge in [0, 0.05) is 61.5 Å². The molecular formula is C23H26F2N6O. The van der Waals surface area contributed by atoms with Gasteiger partial charge in [-0.15, -0.1) is 0 Å². The Morgan fingerprint density at radius 1 is 1.41 bits per heavy atom. The molecule has 0 radical (unpaired) electrons. The molecule has 32 heavy (non-hydrogen) atoms. The molecule has 1 aromatic heterocycles. The van der Waals surface area contributed by atoms with Gasteiger partial charge in [-0.3, -0.25) is 4.79 Å². The van der Waals surface area contributed by atoms with Crippen LogP contribution in [0.4, 0.5) is 31.7 Å². The molecule has 1 amide bonds. The molecule has 0 saturated carbocycles. The number of rotatable bonds is 5. The number of nitrogens with zero attached hydrogens (tertiary/aromatic N) is 2. The molecule has 4 rings (SSSR count). The van der Waals surface area contributed by atoms with E-state index in [1.54, 1.807) is 31.6 Å². The maximum Gasteiger partial charge on any atom is 0.264 e. The summed E-state index contributed by atoms with van der Waals surface area (Å²) >= 11 is 0. The third-order valence-electron chi connectivity index (χ3n) is 5.71. The molecule has 0 spiro atoms. The summed E-state index contributed by atoms with van der Waals surface area (Å²) in [5.41, 5.74) is 3.54. The zero-order valence-corrected chi connectivity index (χ0v) is 18.0. The average Bonchev–Trinajstić information content (AvgIpc) is 2.92. The van der Waals surface area contributed by atoms with Gasteiger partial charge >= 0.3 is 0 Å². The number of allylic oxidation sites excluding steroid dienone is 1. The van der Waals surface area contributed by atoms with E-state index in [0.29, 0.717) is 47.0 Å². The van der Waals surface area contributed by atoms with Crippen LogP contribution in [0, 0.1) is 5.41 Å². The van der Waals surface area contributed by atoms with Gasteiger partial charge in [-0.1, -0.05) is 0 Å². The molecule has 7 nitrogen and oxygen atoms in total. The molecule has 1 atom stereocenters. The van der Waals surface area contributed by atoms with E-state index in [1.807, 2.05) is 11.8 Å². The Labute approximate surface area is 185 Å². The van der Waals surface area contributed by atoms with Crippen molar-refractivity contribution in [3.63, 3.8) is 0 Å². The third kappa shape index (κ3) is 4.02. The quantitative estimate of drug-likeness (QED) is 0.516. The second-order valence-electron chi connectivity index (χ2n) is 8.01. The summed E-state index contributed by atoms with van der Waals surface area (Å²) in [7, 11) is 1.67. The van der Waals surface area contributed by atoms with Crippen molar-refractivity contribution in [3.05, 3.63) is 47.3 Å². The molecule has 1 aromatic carbocycles. The number of hydrogen-bond donors (Lipinski definition) is 4. The van der Waals surface area contributed by atoms with Gasteiger partial charge in [0.25, 0.3) is 6.43 Å². The van der Waals surface area contributed by atoms with E-state index in [1.165, 1.54) is 6.07 Å². The fraction of sp³-hybridized carbons (Fsp3) is 0.348. The molecule has 0 aliphatic carbocycles. The lowest BCUT2D eigenvalue weighted by Gasteiger charge is -2.33. The number of hydrogen-bond acceptors (Lipinski definition) is 6. The summed E-state index contributed by atoms with van der Waals surface area (Å²) in [6.07, 6.45) is 3.44. The molecule has 0 fully saturated rings. The number of aromatic nitrogens is 1. The van der Waals surface area contributed by atoms with E-state index < -0.39 is 6.43 Å². The number of alkyl halides is 2. The SMILES string of the molecule is CN/C=C(\C=N)c1cc2c(cc1C(F)F)N(c1nccc3c1N[C@H](C)CC(=O)N3)CCC2. The van der Waals surface area contributed by atoms with Crippen molar-refractivity contribution in [2.24, 2.45) is 0 Å². The van der Waals surface area contributed by atoms with Crippen molar-refractivity contribution in [1.29, 1.82) is 5.41 Å². The molecule has 168 valence electrons. The highest BCUT2D eigenvalue weighted by Crippen LogP contribution is 2.43. The van der Waals surface area contributed by atoms with Gasteiger partial charge in [-0.25, -0.2) is 13.8 Å². The summed E-state index contributed by atoms with van der Waals surface area (Å²) in [6, 6.07) is 4.92. The first kappa shape index (κ1) is 21.7. The Bertz CT molecular complexity index is 1080. The number of carbonyl (C=O) groups is 1. The largest absolute Gasteiger partial charge is 0.393 e. The lowest BCUT2D eigenvalue weighted by Crippen LogP contribution is -2.27. The van der Waals surface area contributed by atoms with Crippen LogP contribution < -0.4 is 20.9 Å². The van der Waals surface area contributed by atoms with Crippen molar-refractivity contribution in [2.45, 2.75) is 38.7 Å². The number of carbonyl (C=O) groups excluding carboxylic acids is 1. The van der Waals surface area contributed by atoms with E-state index in [4.69, 9.17) is 5.41 Å². The molecule has 2 aromatic rings. The Morgan fingerprint density at radius 2 is 2.22 bits per heavy atom. The minimum atomic E-state index is -2.70. The Kier molecular flexibility index (Phi) is 6.07. The number of benzene rings is 1. The van der Waals surface area contributed by atoms with Crippen molar-refractivity contribution in [2.75, 3.05) is 29.1 Å². The van der Waals surface area contributed by atoms with E-state index in [-0.39, 0.29) is 17.5 Å². The lowest BCUT2D eigenvalue weighted by molar-refractivity contribution is -0.116. The number of pyridine rings is 1. The summed E-state index contributed by atoms with van der Waals surface area (Å²) in [6.45, 7) is 2.54. The van der Waals surface area contributed by atoms with Gasteiger partial charge in [0.1, 0.15) is 5.69 Å². The number of amides is 1. The molecule has 9 heteroatoms. The van der Waals surface area contributed by atoms with Gasteiger partial charge in [0.05, 0.1) is 5.69 Å². The maximum absolute atomic E-state index is 14.1. The molecule has 2 aliphatic rings. The zero-order chi connectivity index (χ0) is 22.8. The minimum Gasteiger partial charge on any atom is -0.393 e. The van der Waals surface area contributed by atoms with E-state index in [9.17, 15) is 13.6 Å². The number of anilines is 4. The number of aryl methyl sites for hydroxylation is 1. The molecule has 4 N–H and O–H groups in total. The van der Waals surface area contributed by atoms with Crippen molar-refractivity contribution in [1.82, 2.24) is 10.3 Å². The Hall–Kier alpha value is -3.49. The Balaban J connectivity index is 1.86. The normalized spacial score (nSPS) is 18.3. The third-order valence-corrected chi connectivity index (χ3v) is 5.71. The first-order chi connectivity index (χ1) is 15.4. The highest BCUT2D eigenvalue weighted by atomic mass is 19.3. The highest BCUT2D eigenvalue weighted by Gasteiger charge is 2.29. The number of nitrogens with one attached hydrogen (secondary N) is 4. The molecule has 0 bridgehead atoms. The smallest absolute Gasteiger partial charge is 0.264 e. The van der Waals surface area contributed by atoms with Crippen molar-refractivity contribution >= 4 is 40.6 Å². The van der Waals surface area contributed by atoms with Crippen molar-refractivity contribution < 1.29 is 13.6 Å². The first-order valence-electron chi connectivity index (χ1n) is 10.6. The minimum absolute atomic E-state index is 0.0833. The van der Waals surface area contributed by atoms with Crippen LogP contribution in [0.25, 0.3) is 5.57 Å². The molecular weight excluding hydrogens is 414 g/mol. The van der Waals surface area contributed by atoms with Gasteiger partial charge in [-0.05, 0) is 49.1 Å². The summed E-state index contributed by atoms with van der Waals surface area (Å²) in [4.78, 5) is 18.6. The van der Waals surface area contributed by atoms with Gasteiger partial charge in [0.15, 0.2) is 5.82 Å². The van der Waals surface area contributed by atoms with Gasteiger partial charge in [-0.2, -0.15) is 0 Å². The van der Waals surface area contributed by atoms with Crippen LogP contribution in [-0.4, -0.2) is 36.7 Å². The first-order valence-corrected chi connectivity index (χ1v) is 10.6. The zero-order valence-electron chi connectivity index (χ0n) is 18.0. The second-order valence-corrected chi connectivity index (χ2v) is 8.01. The fourth-order valence-electron chi connectivity index (χ4n) is 4.33. The average molecular weight is 440 g/mol. The van der Waals surface area contributed by atoms with Crippen molar-refractivity contribution in [3.8, 4) is 0 Å². The summed E-state index contributed by atoms with van der Waals surface area (Å²) < 4.78 is 28.1. The standard InChI is InChI=1S/C23H26F2N6O/c1-13-8-20(32)30-18-5-6-28-23(21(18)29-13)31-7-3-4-14-9-16(15(11-26)12-27-2)17(22(24)25)10-19(14)31/h5-6,9-13,22,26-27,29H,3-4,7-8H2,1-2H3,(H,30,32)/b15-12+,26-11?/t13-/m1/s1. The summed E-state index contributed by atoms with van der Waals surface area (Å²) in [5.74, 6) is 0.517. The molecule has 2 aliphatic heterocycles. The molecule has 3 heterocycles. The van der Waals surface area contributed by atoms with E-state index >= 15 is 0 Å². The monoisotopic (exact) mass is 440 g/mol. The second kappa shape index (κ2) is 8.94.